The van der Waals surface area contributed by atoms with Crippen molar-refractivity contribution in [1.29, 1.82) is 0 Å². The molecule has 0 unspecified atom stereocenters. The van der Waals surface area contributed by atoms with Crippen LogP contribution in [0.4, 0.5) is 17.2 Å². The highest BCUT2D eigenvalue weighted by Crippen LogP contribution is 2.39. The number of anilines is 2. The van der Waals surface area contributed by atoms with Crippen LogP contribution in [0.3, 0.4) is 0 Å². The predicted octanol–water partition coefficient (Wildman–Crippen LogP) is 2.15. The molecule has 1 aliphatic heterocycles. The maximum atomic E-state index is 11.3. The van der Waals surface area contributed by atoms with Gasteiger partial charge in [0, 0.05) is 32.7 Å². The molecule has 1 saturated heterocycles. The second kappa shape index (κ2) is 6.26. The highest BCUT2D eigenvalue weighted by Gasteiger charge is 2.30. The van der Waals surface area contributed by atoms with E-state index < -0.39 is 4.92 Å². The molecule has 120 valence electrons. The van der Waals surface area contributed by atoms with Crippen molar-refractivity contribution in [2.75, 3.05) is 43.4 Å². The van der Waals surface area contributed by atoms with Crippen LogP contribution >= 0.6 is 11.6 Å². The van der Waals surface area contributed by atoms with Crippen LogP contribution in [-0.2, 0) is 0 Å². The Morgan fingerprint density at radius 2 is 2.05 bits per heavy atom. The number of rotatable bonds is 4. The molecule has 0 spiro atoms. The molecule has 1 aromatic heterocycles. The van der Waals surface area contributed by atoms with E-state index in [9.17, 15) is 10.1 Å². The van der Waals surface area contributed by atoms with Gasteiger partial charge >= 0.3 is 5.69 Å². The lowest BCUT2D eigenvalue weighted by Crippen LogP contribution is -2.48. The molecule has 7 nitrogen and oxygen atoms in total. The van der Waals surface area contributed by atoms with Crippen molar-refractivity contribution >= 4 is 28.8 Å². The summed E-state index contributed by atoms with van der Waals surface area (Å²) in [6, 6.07) is 0. The van der Waals surface area contributed by atoms with Gasteiger partial charge in [0.15, 0.2) is 0 Å². The van der Waals surface area contributed by atoms with Gasteiger partial charge in [-0.2, -0.15) is 0 Å². The summed E-state index contributed by atoms with van der Waals surface area (Å²) in [5.74, 6) is 0.752. The maximum absolute atomic E-state index is 11.3. The maximum Gasteiger partial charge on any atom is 0.335 e. The molecule has 8 heteroatoms. The van der Waals surface area contributed by atoms with E-state index in [2.05, 4.69) is 9.88 Å². The number of hydrogen-bond acceptors (Lipinski definition) is 6. The zero-order valence-corrected chi connectivity index (χ0v) is 13.1. The van der Waals surface area contributed by atoms with Crippen molar-refractivity contribution < 1.29 is 4.92 Å². The Hall–Kier alpha value is -1.60. The number of nitrogens with two attached hydrogens (primary N) is 1. The first kappa shape index (κ1) is 15.3. The van der Waals surface area contributed by atoms with Crippen LogP contribution in [0.5, 0.6) is 0 Å². The fraction of sp³-hybridized carbons (Fsp3) is 0.643. The molecular weight excluding hydrogens is 306 g/mol. The highest BCUT2D eigenvalue weighted by atomic mass is 35.5. The molecule has 0 atom stereocenters. The van der Waals surface area contributed by atoms with E-state index >= 15 is 0 Å². The van der Waals surface area contributed by atoms with Gasteiger partial charge in [0.2, 0.25) is 5.82 Å². The fourth-order valence-electron chi connectivity index (χ4n) is 3.16. The van der Waals surface area contributed by atoms with Gasteiger partial charge in [0.05, 0.1) is 16.1 Å². The summed E-state index contributed by atoms with van der Waals surface area (Å²) >= 11 is 6.15. The van der Waals surface area contributed by atoms with Crippen LogP contribution in [0.2, 0.25) is 5.02 Å². The number of piperazine rings is 1. The van der Waals surface area contributed by atoms with Gasteiger partial charge in [0.25, 0.3) is 0 Å². The molecule has 2 heterocycles. The minimum absolute atomic E-state index is 0.0821. The van der Waals surface area contributed by atoms with E-state index in [-0.39, 0.29) is 16.5 Å². The molecule has 0 amide bonds. The van der Waals surface area contributed by atoms with Gasteiger partial charge in [-0.05, 0) is 18.8 Å². The molecule has 2 aliphatic rings. The Morgan fingerprint density at radius 3 is 2.59 bits per heavy atom. The van der Waals surface area contributed by atoms with E-state index in [0.29, 0.717) is 5.69 Å². The molecule has 0 bridgehead atoms. The SMILES string of the molecule is Nc1ncc(Cl)c(N2CCN(CC3CCC3)CC2)c1[N+](=O)[O-]. The van der Waals surface area contributed by atoms with E-state index in [1.807, 2.05) is 4.90 Å². The molecule has 3 rings (SSSR count). The Balaban J connectivity index is 1.73. The summed E-state index contributed by atoms with van der Waals surface area (Å²) in [6.45, 7) is 4.37. The van der Waals surface area contributed by atoms with E-state index in [1.165, 1.54) is 25.5 Å². The van der Waals surface area contributed by atoms with Crippen LogP contribution in [0.1, 0.15) is 19.3 Å². The van der Waals surface area contributed by atoms with Crippen molar-refractivity contribution in [3.8, 4) is 0 Å². The van der Waals surface area contributed by atoms with Crippen molar-refractivity contribution in [2.24, 2.45) is 5.92 Å². The van der Waals surface area contributed by atoms with Crippen LogP contribution in [0.25, 0.3) is 0 Å². The molecule has 2 N–H and O–H groups in total. The predicted molar refractivity (Wildman–Crippen MR) is 86.3 cm³/mol. The van der Waals surface area contributed by atoms with E-state index in [4.69, 9.17) is 17.3 Å². The molecule has 2 fully saturated rings. The Morgan fingerprint density at radius 1 is 1.36 bits per heavy atom. The monoisotopic (exact) mass is 325 g/mol. The Bertz CT molecular complexity index is 571. The van der Waals surface area contributed by atoms with Crippen molar-refractivity contribution in [3.05, 3.63) is 21.3 Å². The molecule has 0 aromatic carbocycles. The zero-order valence-electron chi connectivity index (χ0n) is 12.4. The second-order valence-electron chi connectivity index (χ2n) is 6.03. The summed E-state index contributed by atoms with van der Waals surface area (Å²) in [5, 5.41) is 11.6. The van der Waals surface area contributed by atoms with Crippen LogP contribution in [0, 0.1) is 16.0 Å². The van der Waals surface area contributed by atoms with Crippen molar-refractivity contribution in [3.63, 3.8) is 0 Å². The number of nitrogens with zero attached hydrogens (tertiary/aromatic N) is 4. The summed E-state index contributed by atoms with van der Waals surface area (Å²) in [6.07, 6.45) is 5.40. The summed E-state index contributed by atoms with van der Waals surface area (Å²) in [5.41, 5.74) is 5.89. The van der Waals surface area contributed by atoms with E-state index in [1.54, 1.807) is 0 Å². The third-order valence-corrected chi connectivity index (χ3v) is 4.90. The Kier molecular flexibility index (Phi) is 4.35. The normalized spacial score (nSPS) is 20.0. The van der Waals surface area contributed by atoms with Gasteiger partial charge in [-0.15, -0.1) is 0 Å². The number of hydrogen-bond donors (Lipinski definition) is 1. The zero-order chi connectivity index (χ0) is 15.7. The lowest BCUT2D eigenvalue weighted by molar-refractivity contribution is -0.383. The standard InChI is InChI=1S/C14H20ClN5O2/c15-11-8-17-14(16)13(20(21)22)12(11)19-6-4-18(5-7-19)9-10-2-1-3-10/h8,10H,1-7,9H2,(H2,16,17). The first-order valence-electron chi connectivity index (χ1n) is 7.62. The average Bonchev–Trinajstić information content (AvgIpc) is 2.45. The van der Waals surface area contributed by atoms with Crippen molar-refractivity contribution in [2.45, 2.75) is 19.3 Å². The van der Waals surface area contributed by atoms with Gasteiger partial charge < -0.3 is 10.6 Å². The highest BCUT2D eigenvalue weighted by molar-refractivity contribution is 6.33. The third kappa shape index (κ3) is 2.96. The molecular formula is C14H20ClN5O2. The third-order valence-electron chi connectivity index (χ3n) is 4.62. The second-order valence-corrected chi connectivity index (χ2v) is 6.44. The first-order valence-corrected chi connectivity index (χ1v) is 7.99. The summed E-state index contributed by atoms with van der Waals surface area (Å²) < 4.78 is 0. The van der Waals surface area contributed by atoms with Gasteiger partial charge in [0.1, 0.15) is 5.69 Å². The quantitative estimate of drug-likeness (QED) is 0.674. The van der Waals surface area contributed by atoms with Crippen LogP contribution in [0.15, 0.2) is 6.20 Å². The molecule has 0 radical (unpaired) electrons. The van der Waals surface area contributed by atoms with Gasteiger partial charge in [-0.25, -0.2) is 4.98 Å². The molecule has 22 heavy (non-hydrogen) atoms. The molecule has 1 aromatic rings. The number of nitrogen functional groups attached to an aromatic ring is 1. The van der Waals surface area contributed by atoms with E-state index in [0.717, 1.165) is 38.6 Å². The lowest BCUT2D eigenvalue weighted by atomic mass is 9.85. The largest absolute Gasteiger partial charge is 0.378 e. The van der Waals surface area contributed by atoms with Crippen LogP contribution < -0.4 is 10.6 Å². The fourth-order valence-corrected chi connectivity index (χ4v) is 3.42. The van der Waals surface area contributed by atoms with Crippen molar-refractivity contribution in [1.82, 2.24) is 9.88 Å². The number of nitro groups is 1. The number of halogens is 1. The van der Waals surface area contributed by atoms with Gasteiger partial charge in [-0.3, -0.25) is 15.0 Å². The lowest BCUT2D eigenvalue weighted by Gasteiger charge is -2.39. The number of aromatic nitrogens is 1. The average molecular weight is 326 g/mol. The number of pyridine rings is 1. The van der Waals surface area contributed by atoms with Crippen LogP contribution in [-0.4, -0.2) is 47.5 Å². The summed E-state index contributed by atoms with van der Waals surface area (Å²) in [7, 11) is 0. The van der Waals surface area contributed by atoms with Gasteiger partial charge in [-0.1, -0.05) is 18.0 Å². The topological polar surface area (TPSA) is 88.5 Å². The Labute approximate surface area is 134 Å². The molecule has 1 saturated carbocycles. The first-order chi connectivity index (χ1) is 10.6. The molecule has 1 aliphatic carbocycles. The summed E-state index contributed by atoms with van der Waals surface area (Å²) in [4.78, 5) is 19.0. The minimum Gasteiger partial charge on any atom is -0.378 e. The smallest absolute Gasteiger partial charge is 0.335 e. The minimum atomic E-state index is -0.496.